The maximum atomic E-state index is 10.9. The molecule has 7 nitrogen and oxygen atoms in total. The molecule has 0 fully saturated rings. The largest absolute Gasteiger partial charge is 0.394 e. The highest BCUT2D eigenvalue weighted by atomic mass is 16.6. The zero-order valence-corrected chi connectivity index (χ0v) is 9.74. The van der Waals surface area contributed by atoms with E-state index >= 15 is 0 Å². The molecule has 0 radical (unpaired) electrons. The van der Waals surface area contributed by atoms with Crippen LogP contribution in [0.3, 0.4) is 0 Å². The first-order valence-electron chi connectivity index (χ1n) is 5.26. The Morgan fingerprint density at radius 3 is 2.39 bits per heavy atom. The second kappa shape index (κ2) is 6.08. The van der Waals surface area contributed by atoms with Gasteiger partial charge in [0.25, 0.3) is 5.69 Å². The average Bonchev–Trinajstić information content (AvgIpc) is 2.35. The van der Waals surface area contributed by atoms with E-state index in [1.807, 2.05) is 0 Å². The van der Waals surface area contributed by atoms with Crippen LogP contribution in [0.1, 0.15) is 18.6 Å². The molecule has 1 unspecified atom stereocenters. The van der Waals surface area contributed by atoms with Crippen molar-refractivity contribution >= 4 is 11.6 Å². The molecule has 0 aromatic heterocycles. The van der Waals surface area contributed by atoms with Gasteiger partial charge in [-0.25, -0.2) is 0 Å². The molecule has 7 heteroatoms. The van der Waals surface area contributed by atoms with Crippen LogP contribution in [0.25, 0.3) is 0 Å². The molecule has 0 saturated heterocycles. The van der Waals surface area contributed by atoms with E-state index in [0.29, 0.717) is 5.56 Å². The summed E-state index contributed by atoms with van der Waals surface area (Å²) in [6.45, 7) is 0.836. The first-order valence-corrected chi connectivity index (χ1v) is 5.26. The first kappa shape index (κ1) is 14.1. The van der Waals surface area contributed by atoms with Crippen LogP contribution in [0.5, 0.6) is 0 Å². The van der Waals surface area contributed by atoms with Gasteiger partial charge in [0, 0.05) is 19.1 Å². The molecule has 0 aliphatic heterocycles. The van der Waals surface area contributed by atoms with Crippen molar-refractivity contribution in [3.8, 4) is 0 Å². The average molecular weight is 254 g/mol. The number of amides is 1. The lowest BCUT2D eigenvalue weighted by Crippen LogP contribution is -2.40. The SMILES string of the molecule is CC(=O)N[C@H](CO)C(O)c1ccc([N+](=O)[O-])cc1. The summed E-state index contributed by atoms with van der Waals surface area (Å²) in [5, 5.41) is 31.8. The Balaban J connectivity index is 2.84. The second-order valence-electron chi connectivity index (χ2n) is 3.78. The van der Waals surface area contributed by atoms with E-state index in [0.717, 1.165) is 0 Å². The first-order chi connectivity index (χ1) is 8.45. The van der Waals surface area contributed by atoms with Gasteiger partial charge in [-0.2, -0.15) is 0 Å². The highest BCUT2D eigenvalue weighted by Crippen LogP contribution is 2.20. The minimum absolute atomic E-state index is 0.0916. The molecule has 3 N–H and O–H groups in total. The molecule has 0 heterocycles. The predicted octanol–water partition coefficient (Wildman–Crippen LogP) is 0.125. The highest BCUT2D eigenvalue weighted by molar-refractivity contribution is 5.73. The van der Waals surface area contributed by atoms with Crippen LogP contribution in [0, 0.1) is 10.1 Å². The Kier molecular flexibility index (Phi) is 4.75. The summed E-state index contributed by atoms with van der Waals surface area (Å²) in [6, 6.07) is 4.42. The molecule has 0 aliphatic carbocycles. The van der Waals surface area contributed by atoms with Gasteiger partial charge < -0.3 is 15.5 Å². The van der Waals surface area contributed by atoms with Crippen molar-refractivity contribution in [3.63, 3.8) is 0 Å². The van der Waals surface area contributed by atoms with Crippen LogP contribution in [-0.2, 0) is 4.79 Å². The van der Waals surface area contributed by atoms with Gasteiger partial charge in [0.15, 0.2) is 0 Å². The maximum Gasteiger partial charge on any atom is 0.269 e. The summed E-state index contributed by atoms with van der Waals surface area (Å²) in [4.78, 5) is 20.8. The topological polar surface area (TPSA) is 113 Å². The van der Waals surface area contributed by atoms with Crippen molar-refractivity contribution in [3.05, 3.63) is 39.9 Å². The molecule has 0 aliphatic rings. The molecule has 1 amide bonds. The minimum atomic E-state index is -1.13. The fourth-order valence-electron chi connectivity index (χ4n) is 1.51. The van der Waals surface area contributed by atoms with Crippen LogP contribution < -0.4 is 5.32 Å². The van der Waals surface area contributed by atoms with Gasteiger partial charge >= 0.3 is 0 Å². The Labute approximate surface area is 103 Å². The number of nitrogens with zero attached hydrogens (tertiary/aromatic N) is 1. The van der Waals surface area contributed by atoms with Crippen molar-refractivity contribution < 1.29 is 19.9 Å². The molecule has 98 valence electrons. The van der Waals surface area contributed by atoms with E-state index < -0.39 is 23.7 Å². The number of benzene rings is 1. The number of aliphatic hydroxyl groups excluding tert-OH is 2. The molecule has 0 bridgehead atoms. The summed E-state index contributed by atoms with van der Waals surface area (Å²) in [5.74, 6) is -0.380. The molecule has 0 saturated carbocycles. The number of nitrogens with one attached hydrogen (secondary N) is 1. The molecule has 1 aromatic carbocycles. The summed E-state index contributed by atoms with van der Waals surface area (Å²) >= 11 is 0. The van der Waals surface area contributed by atoms with Crippen molar-refractivity contribution in [1.82, 2.24) is 5.32 Å². The molecular formula is C11H14N2O5. The van der Waals surface area contributed by atoms with E-state index in [1.54, 1.807) is 0 Å². The monoisotopic (exact) mass is 254 g/mol. The standard InChI is InChI=1S/C11H14N2O5/c1-7(15)12-10(6-14)11(16)8-2-4-9(5-3-8)13(17)18/h2-5,10-11,14,16H,6H2,1H3,(H,12,15)/t10-,11?/m1/s1. The fraction of sp³-hybridized carbons (Fsp3) is 0.364. The smallest absolute Gasteiger partial charge is 0.269 e. The van der Waals surface area contributed by atoms with Gasteiger partial charge in [0.05, 0.1) is 17.6 Å². The summed E-state index contributed by atoms with van der Waals surface area (Å²) in [5.41, 5.74) is 0.291. The Bertz CT molecular complexity index is 432. The van der Waals surface area contributed by atoms with Crippen LogP contribution in [-0.4, -0.2) is 33.7 Å². The molecule has 1 aromatic rings. The number of nitro groups is 1. The lowest BCUT2D eigenvalue weighted by molar-refractivity contribution is -0.384. The third-order valence-corrected chi connectivity index (χ3v) is 2.41. The van der Waals surface area contributed by atoms with Crippen molar-refractivity contribution in [2.45, 2.75) is 19.1 Å². The van der Waals surface area contributed by atoms with Crippen molar-refractivity contribution in [1.29, 1.82) is 0 Å². The predicted molar refractivity (Wildman–Crippen MR) is 62.7 cm³/mol. The fourth-order valence-corrected chi connectivity index (χ4v) is 1.51. The Hall–Kier alpha value is -1.99. The Morgan fingerprint density at radius 1 is 1.44 bits per heavy atom. The third kappa shape index (κ3) is 3.51. The lowest BCUT2D eigenvalue weighted by Gasteiger charge is -2.21. The van der Waals surface area contributed by atoms with Gasteiger partial charge in [-0.3, -0.25) is 14.9 Å². The van der Waals surface area contributed by atoms with Gasteiger partial charge in [0.1, 0.15) is 6.10 Å². The van der Waals surface area contributed by atoms with Gasteiger partial charge in [0.2, 0.25) is 5.91 Å². The summed E-state index contributed by atoms with van der Waals surface area (Å²) in [6.07, 6.45) is -1.13. The third-order valence-electron chi connectivity index (χ3n) is 2.41. The number of nitro benzene ring substituents is 1. The number of carbonyl (C=O) groups excluding carboxylic acids is 1. The Morgan fingerprint density at radius 2 is 2.00 bits per heavy atom. The van der Waals surface area contributed by atoms with Crippen LogP contribution in [0.4, 0.5) is 5.69 Å². The van der Waals surface area contributed by atoms with Crippen molar-refractivity contribution in [2.24, 2.45) is 0 Å². The second-order valence-corrected chi connectivity index (χ2v) is 3.78. The van der Waals surface area contributed by atoms with E-state index in [2.05, 4.69) is 5.32 Å². The summed E-state index contributed by atoms with van der Waals surface area (Å²) in [7, 11) is 0. The molecule has 1 rings (SSSR count). The van der Waals surface area contributed by atoms with Gasteiger partial charge in [-0.05, 0) is 17.7 Å². The highest BCUT2D eigenvalue weighted by Gasteiger charge is 2.21. The maximum absolute atomic E-state index is 10.9. The van der Waals surface area contributed by atoms with Gasteiger partial charge in [-0.1, -0.05) is 0 Å². The normalized spacial score (nSPS) is 13.7. The zero-order valence-electron chi connectivity index (χ0n) is 9.74. The van der Waals surface area contributed by atoms with E-state index in [1.165, 1.54) is 31.2 Å². The number of rotatable bonds is 5. The van der Waals surface area contributed by atoms with E-state index in [9.17, 15) is 20.0 Å². The lowest BCUT2D eigenvalue weighted by atomic mass is 10.0. The number of carbonyl (C=O) groups is 1. The quantitative estimate of drug-likeness (QED) is 0.510. The van der Waals surface area contributed by atoms with Crippen molar-refractivity contribution in [2.75, 3.05) is 6.61 Å². The van der Waals surface area contributed by atoms with Crippen LogP contribution >= 0.6 is 0 Å². The summed E-state index contributed by atoms with van der Waals surface area (Å²) < 4.78 is 0. The number of hydrogen-bond donors (Lipinski definition) is 3. The van der Waals surface area contributed by atoms with E-state index in [-0.39, 0.29) is 11.6 Å². The van der Waals surface area contributed by atoms with Gasteiger partial charge in [-0.15, -0.1) is 0 Å². The van der Waals surface area contributed by atoms with Crippen LogP contribution in [0.15, 0.2) is 24.3 Å². The number of non-ortho nitro benzene ring substituents is 1. The zero-order chi connectivity index (χ0) is 13.7. The minimum Gasteiger partial charge on any atom is -0.394 e. The number of aliphatic hydroxyl groups is 2. The molecular weight excluding hydrogens is 240 g/mol. The van der Waals surface area contributed by atoms with Crippen LogP contribution in [0.2, 0.25) is 0 Å². The molecule has 18 heavy (non-hydrogen) atoms. The van der Waals surface area contributed by atoms with E-state index in [4.69, 9.17) is 5.11 Å². The number of hydrogen-bond acceptors (Lipinski definition) is 5. The molecule has 0 spiro atoms. The molecule has 2 atom stereocenters.